The number of phenols is 1. The Hall–Kier alpha value is -3.24. The average Bonchev–Trinajstić information content (AvgIpc) is 3.21. The number of allylic oxidation sites excluding steroid dienone is 4. The zero-order valence-electron chi connectivity index (χ0n) is 20.6. The van der Waals surface area contributed by atoms with Crippen molar-refractivity contribution in [3.05, 3.63) is 96.8 Å². The number of para-hydroxylation sites is 1. The summed E-state index contributed by atoms with van der Waals surface area (Å²) < 4.78 is 9.02. The Labute approximate surface area is 246 Å². The molecule has 2 aromatic carbocycles. The lowest BCUT2D eigenvalue weighted by molar-refractivity contribution is -0.128. The van der Waals surface area contributed by atoms with Gasteiger partial charge in [0, 0.05) is 24.0 Å². The van der Waals surface area contributed by atoms with Crippen molar-refractivity contribution in [2.45, 2.75) is 34.7 Å². The lowest BCUT2D eigenvalue weighted by atomic mass is 9.59. The van der Waals surface area contributed by atoms with E-state index in [2.05, 4.69) is 0 Å². The summed E-state index contributed by atoms with van der Waals surface area (Å²) in [6.45, 7) is -0.0364. The Morgan fingerprint density at radius 1 is 0.950 bits per heavy atom. The average molecular weight is 623 g/mol. The molecule has 0 spiro atoms. The predicted octanol–water partition coefficient (Wildman–Crippen LogP) is 3.98. The third kappa shape index (κ3) is 3.35. The van der Waals surface area contributed by atoms with E-state index in [1.165, 1.54) is 34.7 Å². The Balaban J connectivity index is 1.66. The summed E-state index contributed by atoms with van der Waals surface area (Å²) in [6.07, 6.45) is 1.34. The molecule has 3 aliphatic rings. The molecule has 1 aliphatic heterocycles. The number of aromatic nitrogens is 3. The summed E-state index contributed by atoms with van der Waals surface area (Å²) in [6, 6.07) is 11.6. The fourth-order valence-electron chi connectivity index (χ4n) is 6.05. The normalized spacial score (nSPS) is 27.6. The number of aromatic hydroxyl groups is 1. The van der Waals surface area contributed by atoms with Gasteiger partial charge in [0.05, 0.1) is 25.4 Å². The summed E-state index contributed by atoms with van der Waals surface area (Å²) in [4.78, 5) is 50.4. The van der Waals surface area contributed by atoms with E-state index in [9.17, 15) is 24.3 Å². The Kier molecular flexibility index (Phi) is 6.16. The fraction of sp³-hybridized carbons (Fsp3) is 0.259. The monoisotopic (exact) mass is 621 g/mol. The topological polar surface area (TPSA) is 113 Å². The van der Waals surface area contributed by atoms with Crippen LogP contribution in [0.25, 0.3) is 5.69 Å². The minimum absolute atomic E-state index is 0.0364. The second-order valence-electron chi connectivity index (χ2n) is 9.75. The molecule has 1 saturated carbocycles. The summed E-state index contributed by atoms with van der Waals surface area (Å²) in [5.74, 6) is -2.89. The van der Waals surface area contributed by atoms with Gasteiger partial charge in [-0.15, -0.1) is 23.2 Å². The van der Waals surface area contributed by atoms with Crippen LogP contribution in [-0.2, 0) is 16.1 Å². The first kappa shape index (κ1) is 27.0. The van der Waals surface area contributed by atoms with Crippen LogP contribution >= 0.6 is 46.4 Å². The van der Waals surface area contributed by atoms with Crippen LogP contribution in [0.5, 0.6) is 11.5 Å². The SMILES string of the molecule is COc1cc(O)ccc1C1C2=CCn3c(=O)n(-c4ccccc4)c(=O)n3C2CC2(Cl)C(=O)C(Cl)=C(Cl)C(=O)C12Cl. The van der Waals surface area contributed by atoms with Gasteiger partial charge >= 0.3 is 11.4 Å². The quantitative estimate of drug-likeness (QED) is 0.349. The number of carbonyl (C=O) groups excluding carboxylic acids is 2. The number of rotatable bonds is 3. The molecule has 4 atom stereocenters. The molecule has 1 N–H and O–H groups in total. The molecule has 1 aromatic heterocycles. The van der Waals surface area contributed by atoms with Crippen LogP contribution in [0.4, 0.5) is 0 Å². The molecule has 0 radical (unpaired) electrons. The molecule has 6 rings (SSSR count). The number of Topliss-reactive ketones (excluding diaryl/α,β-unsaturated/α-hetero) is 2. The van der Waals surface area contributed by atoms with Gasteiger partial charge < -0.3 is 9.84 Å². The van der Waals surface area contributed by atoms with Gasteiger partial charge in [-0.1, -0.05) is 53.5 Å². The Morgan fingerprint density at radius 3 is 2.30 bits per heavy atom. The number of alkyl halides is 2. The number of phenolic OH excluding ortho intramolecular Hbond substituents is 1. The highest BCUT2D eigenvalue weighted by Gasteiger charge is 2.71. The van der Waals surface area contributed by atoms with Gasteiger partial charge in [-0.2, -0.15) is 0 Å². The molecule has 3 aromatic rings. The molecular weight excluding hydrogens is 604 g/mol. The van der Waals surface area contributed by atoms with Crippen molar-refractivity contribution in [1.29, 1.82) is 0 Å². The van der Waals surface area contributed by atoms with Crippen LogP contribution < -0.4 is 16.1 Å². The number of fused-ring (bicyclic) bond motifs is 4. The number of hydrogen-bond acceptors (Lipinski definition) is 6. The molecule has 2 heterocycles. The second-order valence-corrected chi connectivity index (χ2v) is 11.7. The number of carbonyl (C=O) groups is 2. The lowest BCUT2D eigenvalue weighted by Gasteiger charge is -2.54. The van der Waals surface area contributed by atoms with E-state index in [0.29, 0.717) is 16.8 Å². The third-order valence-electron chi connectivity index (χ3n) is 7.85. The Bertz CT molecular complexity index is 1810. The summed E-state index contributed by atoms with van der Waals surface area (Å²) in [7, 11) is 1.36. The van der Waals surface area contributed by atoms with E-state index in [-0.39, 0.29) is 24.5 Å². The maximum absolute atomic E-state index is 13.8. The minimum Gasteiger partial charge on any atom is -0.508 e. The molecule has 1 fully saturated rings. The van der Waals surface area contributed by atoms with Gasteiger partial charge in [-0.3, -0.25) is 9.59 Å². The van der Waals surface area contributed by atoms with Gasteiger partial charge in [0.15, 0.2) is 11.6 Å². The molecule has 13 heteroatoms. The maximum atomic E-state index is 13.8. The first-order valence-electron chi connectivity index (χ1n) is 12.1. The zero-order chi connectivity index (χ0) is 28.7. The van der Waals surface area contributed by atoms with Crippen LogP contribution in [0.1, 0.15) is 23.9 Å². The van der Waals surface area contributed by atoms with Crippen molar-refractivity contribution in [3.8, 4) is 17.2 Å². The van der Waals surface area contributed by atoms with Gasteiger partial charge in [-0.05, 0) is 23.8 Å². The van der Waals surface area contributed by atoms with Crippen molar-refractivity contribution in [3.63, 3.8) is 0 Å². The first-order chi connectivity index (χ1) is 19.0. The van der Waals surface area contributed by atoms with Crippen molar-refractivity contribution in [2.75, 3.05) is 7.11 Å². The van der Waals surface area contributed by atoms with E-state index in [1.54, 1.807) is 36.4 Å². The van der Waals surface area contributed by atoms with Crippen molar-refractivity contribution >= 4 is 58.0 Å². The van der Waals surface area contributed by atoms with Crippen LogP contribution in [0.3, 0.4) is 0 Å². The molecule has 0 bridgehead atoms. The predicted molar refractivity (Wildman–Crippen MR) is 149 cm³/mol. The van der Waals surface area contributed by atoms with E-state index in [0.717, 1.165) is 4.57 Å². The zero-order valence-corrected chi connectivity index (χ0v) is 23.6. The standard InChI is InChI=1S/C27H19Cl4N3O6/c1-40-18-11-14(35)7-8-16(18)19-15-9-10-32-24(38)33(13-5-3-2-4-6-13)25(39)34(32)17(15)12-26(30)22(36)20(28)21(29)23(37)27(19,26)31/h2-9,11,17,19,35H,10,12H2,1H3. The molecule has 4 unspecified atom stereocenters. The number of ether oxygens (including phenoxy) is 1. The van der Waals surface area contributed by atoms with Gasteiger partial charge in [0.2, 0.25) is 0 Å². The third-order valence-corrected chi connectivity index (χ3v) is 10.1. The first-order valence-corrected chi connectivity index (χ1v) is 13.6. The van der Waals surface area contributed by atoms with Crippen LogP contribution in [0.2, 0.25) is 0 Å². The van der Waals surface area contributed by atoms with E-state index >= 15 is 0 Å². The van der Waals surface area contributed by atoms with E-state index in [4.69, 9.17) is 51.1 Å². The molecule has 0 saturated heterocycles. The number of hydrogen-bond donors (Lipinski definition) is 1. The minimum atomic E-state index is -2.19. The summed E-state index contributed by atoms with van der Waals surface area (Å²) in [5.41, 5.74) is -0.143. The van der Waals surface area contributed by atoms with E-state index in [1.807, 2.05) is 0 Å². The molecule has 9 nitrogen and oxygen atoms in total. The summed E-state index contributed by atoms with van der Waals surface area (Å²) in [5, 5.41) is 9.00. The van der Waals surface area contributed by atoms with Crippen molar-refractivity contribution < 1.29 is 19.4 Å². The highest BCUT2D eigenvalue weighted by molar-refractivity contribution is 6.66. The van der Waals surface area contributed by atoms with Gasteiger partial charge in [-0.25, -0.2) is 23.5 Å². The largest absolute Gasteiger partial charge is 0.508 e. The second kappa shape index (κ2) is 9.14. The highest BCUT2D eigenvalue weighted by atomic mass is 35.5. The number of nitrogens with zero attached hydrogens (tertiary/aromatic N) is 3. The molecule has 0 amide bonds. The lowest BCUT2D eigenvalue weighted by Crippen LogP contribution is -2.67. The Morgan fingerprint density at radius 2 is 1.62 bits per heavy atom. The van der Waals surface area contributed by atoms with E-state index < -0.39 is 54.7 Å². The maximum Gasteiger partial charge on any atom is 0.352 e. The number of methoxy groups -OCH3 is 1. The molecule has 206 valence electrons. The van der Waals surface area contributed by atoms with Gasteiger partial charge in [0.1, 0.15) is 31.3 Å². The van der Waals surface area contributed by atoms with Crippen molar-refractivity contribution in [2.24, 2.45) is 0 Å². The number of halogens is 4. The van der Waals surface area contributed by atoms with Crippen LogP contribution in [0.15, 0.2) is 79.8 Å². The number of ketones is 2. The molecule has 2 aliphatic carbocycles. The van der Waals surface area contributed by atoms with Gasteiger partial charge in [0.25, 0.3) is 0 Å². The molecular formula is C27H19Cl4N3O6. The van der Waals surface area contributed by atoms with Crippen LogP contribution in [-0.4, -0.2) is 47.5 Å². The van der Waals surface area contributed by atoms with Crippen molar-refractivity contribution in [1.82, 2.24) is 13.9 Å². The van der Waals surface area contributed by atoms with Crippen LogP contribution in [0, 0.1) is 0 Å². The highest BCUT2D eigenvalue weighted by Crippen LogP contribution is 2.64. The molecule has 40 heavy (non-hydrogen) atoms. The number of benzene rings is 2. The summed E-state index contributed by atoms with van der Waals surface area (Å²) >= 11 is 26.8. The smallest absolute Gasteiger partial charge is 0.352 e. The fourth-order valence-corrected chi connectivity index (χ4v) is 7.57.